The summed E-state index contributed by atoms with van der Waals surface area (Å²) in [6, 6.07) is 59.3. The molecular weight excluding hydrogens is 832 g/mol. The molecule has 0 saturated heterocycles. The van der Waals surface area contributed by atoms with Crippen LogP contribution in [0.1, 0.15) is 121 Å². The molecule has 0 radical (unpaired) electrons. The van der Waals surface area contributed by atoms with Crippen molar-refractivity contribution in [3.05, 3.63) is 196 Å². The van der Waals surface area contributed by atoms with Crippen LogP contribution in [0.3, 0.4) is 0 Å². The van der Waals surface area contributed by atoms with Gasteiger partial charge in [-0.15, -0.1) is 0 Å². The van der Waals surface area contributed by atoms with Gasteiger partial charge in [0.15, 0.2) is 0 Å². The van der Waals surface area contributed by atoms with Crippen molar-refractivity contribution in [2.45, 2.75) is 119 Å². The normalized spacial score (nSPS) is 14.6. The zero-order chi connectivity index (χ0) is 48.7. The molecule has 2 nitrogen and oxygen atoms in total. The highest BCUT2D eigenvalue weighted by molar-refractivity contribution is 6.94. The predicted molar refractivity (Wildman–Crippen MR) is 299 cm³/mol. The lowest BCUT2D eigenvalue weighted by Crippen LogP contribution is -2.62. The third kappa shape index (κ3) is 7.05. The number of nitrogens with zero attached hydrogens (tertiary/aromatic N) is 2. The van der Waals surface area contributed by atoms with Gasteiger partial charge in [-0.25, -0.2) is 0 Å². The minimum absolute atomic E-state index is 0.0232. The molecule has 0 bridgehead atoms. The minimum atomic E-state index is -0.184. The van der Waals surface area contributed by atoms with E-state index in [-0.39, 0.29) is 28.5 Å². The van der Waals surface area contributed by atoms with Crippen LogP contribution < -0.4 is 20.6 Å². The monoisotopic (exact) mass is 899 g/mol. The van der Waals surface area contributed by atoms with Gasteiger partial charge in [0.1, 0.15) is 0 Å². The molecule has 2 heterocycles. The molecule has 1 aliphatic carbocycles. The second kappa shape index (κ2) is 15.5. The van der Waals surface area contributed by atoms with Gasteiger partial charge in [-0.1, -0.05) is 179 Å². The molecule has 11 rings (SSSR count). The third-order valence-electron chi connectivity index (χ3n) is 15.8. The largest absolute Gasteiger partial charge is 0.376 e. The van der Waals surface area contributed by atoms with Crippen molar-refractivity contribution in [2.24, 2.45) is 0 Å². The average Bonchev–Trinajstić information content (AvgIpc) is 3.53. The number of rotatable bonds is 4. The molecule has 0 spiro atoms. The van der Waals surface area contributed by atoms with Gasteiger partial charge in [0, 0.05) is 39.3 Å². The van der Waals surface area contributed by atoms with E-state index < -0.39 is 0 Å². The van der Waals surface area contributed by atoms with Crippen LogP contribution in [0.25, 0.3) is 44.5 Å². The van der Waals surface area contributed by atoms with E-state index >= 15 is 0 Å². The first-order chi connectivity index (χ1) is 32.6. The van der Waals surface area contributed by atoms with Gasteiger partial charge in [-0.3, -0.25) is 0 Å². The summed E-state index contributed by atoms with van der Waals surface area (Å²) in [7, 11) is 0. The Hall–Kier alpha value is -6.58. The summed E-state index contributed by atoms with van der Waals surface area (Å²) in [5, 5.41) is 0. The van der Waals surface area contributed by atoms with Gasteiger partial charge >= 0.3 is 6.85 Å². The summed E-state index contributed by atoms with van der Waals surface area (Å²) < 4.78 is 0. The van der Waals surface area contributed by atoms with Crippen molar-refractivity contribution in [3.8, 4) is 44.5 Å². The molecule has 3 heteroatoms. The number of hydrogen-bond donors (Lipinski definition) is 0. The fraction of sp³-hybridized carbons (Fsp3) is 0.273. The van der Waals surface area contributed by atoms with E-state index in [0.717, 1.165) is 0 Å². The lowest BCUT2D eigenvalue weighted by molar-refractivity contribution is 0.590. The minimum Gasteiger partial charge on any atom is -0.376 e. The fourth-order valence-corrected chi connectivity index (χ4v) is 12.2. The molecule has 2 aliphatic heterocycles. The number of benzene rings is 8. The topological polar surface area (TPSA) is 6.48 Å². The number of aryl methyl sites for hydroxylation is 3. The van der Waals surface area contributed by atoms with Gasteiger partial charge in [-0.2, -0.15) is 0 Å². The van der Waals surface area contributed by atoms with Gasteiger partial charge < -0.3 is 9.71 Å². The van der Waals surface area contributed by atoms with E-state index in [1.165, 1.54) is 128 Å². The van der Waals surface area contributed by atoms with Gasteiger partial charge in [0.25, 0.3) is 0 Å². The molecule has 8 aromatic rings. The molecule has 0 amide bonds. The van der Waals surface area contributed by atoms with Crippen molar-refractivity contribution in [3.63, 3.8) is 0 Å². The summed E-state index contributed by atoms with van der Waals surface area (Å²) in [5.41, 5.74) is 29.5. The lowest BCUT2D eigenvalue weighted by Gasteiger charge is -2.47. The molecule has 69 heavy (non-hydrogen) atoms. The summed E-state index contributed by atoms with van der Waals surface area (Å²) in [6.45, 7) is 32.5. The molecule has 0 aromatic heterocycles. The van der Waals surface area contributed by atoms with Crippen LogP contribution in [0.15, 0.2) is 152 Å². The van der Waals surface area contributed by atoms with Crippen LogP contribution in [-0.2, 0) is 21.7 Å². The van der Waals surface area contributed by atoms with Crippen LogP contribution in [0.2, 0.25) is 0 Å². The molecule has 0 unspecified atom stereocenters. The summed E-state index contributed by atoms with van der Waals surface area (Å²) in [6.07, 6.45) is 0. The standard InChI is InChI=1S/C66H67BN2/c1-40-34-41(2)59(42(3)35-40)44-36-52-51-39-47(65(10,11)12)27-32-56(51)69(48-28-24-45(25-29-48)63(4,5)6)67-61(52)58(37-44)68(55-31-26-46(64(7,8)9)38-50(55)43-20-16-15-17-21-43)57-33-30-54-60(62(57)67)49-22-18-19-23-53(49)66(54,13)14/h15-39H,1-14H3. The highest BCUT2D eigenvalue weighted by Crippen LogP contribution is 2.55. The predicted octanol–water partition coefficient (Wildman–Crippen LogP) is 16.9. The maximum atomic E-state index is 2.72. The number of hydrogen-bond acceptors (Lipinski definition) is 2. The summed E-state index contributed by atoms with van der Waals surface area (Å²) >= 11 is 0. The van der Waals surface area contributed by atoms with Crippen molar-refractivity contribution >= 4 is 46.2 Å². The van der Waals surface area contributed by atoms with Crippen molar-refractivity contribution in [1.29, 1.82) is 0 Å². The van der Waals surface area contributed by atoms with E-state index in [0.29, 0.717) is 0 Å². The first kappa shape index (κ1) is 44.9. The molecule has 0 atom stereocenters. The quantitative estimate of drug-likeness (QED) is 0.162. The lowest BCUT2D eigenvalue weighted by atomic mass is 9.42. The van der Waals surface area contributed by atoms with E-state index in [9.17, 15) is 0 Å². The molecule has 0 fully saturated rings. The number of fused-ring (bicyclic) bond motifs is 8. The highest BCUT2D eigenvalue weighted by Gasteiger charge is 2.50. The molecule has 0 N–H and O–H groups in total. The Morgan fingerprint density at radius 1 is 0.406 bits per heavy atom. The molecule has 0 saturated carbocycles. The highest BCUT2D eigenvalue weighted by atomic mass is 15.2. The summed E-state index contributed by atoms with van der Waals surface area (Å²) in [4.78, 5) is 5.39. The molecular formula is C66H67BN2. The first-order valence-corrected chi connectivity index (χ1v) is 25.2. The molecule has 344 valence electrons. The Balaban J connectivity index is 1.34. The molecule has 3 aliphatic rings. The first-order valence-electron chi connectivity index (χ1n) is 25.2. The van der Waals surface area contributed by atoms with E-state index in [2.05, 4.69) is 258 Å². The van der Waals surface area contributed by atoms with Crippen LogP contribution in [0.5, 0.6) is 0 Å². The smallest absolute Gasteiger partial charge is 0.333 e. The van der Waals surface area contributed by atoms with E-state index in [1.807, 2.05) is 0 Å². The van der Waals surface area contributed by atoms with Crippen LogP contribution in [0.4, 0.5) is 28.4 Å². The van der Waals surface area contributed by atoms with Gasteiger partial charge in [-0.05, 0) is 175 Å². The maximum Gasteiger partial charge on any atom is 0.333 e. The Labute approximate surface area is 413 Å². The zero-order valence-corrected chi connectivity index (χ0v) is 43.4. The fourth-order valence-electron chi connectivity index (χ4n) is 12.2. The summed E-state index contributed by atoms with van der Waals surface area (Å²) in [5.74, 6) is 0. The Bertz CT molecular complexity index is 3360. The van der Waals surface area contributed by atoms with Crippen molar-refractivity contribution in [2.75, 3.05) is 9.71 Å². The van der Waals surface area contributed by atoms with Crippen LogP contribution in [0, 0.1) is 20.8 Å². The van der Waals surface area contributed by atoms with E-state index in [1.54, 1.807) is 0 Å². The van der Waals surface area contributed by atoms with Crippen LogP contribution in [-0.4, -0.2) is 6.85 Å². The van der Waals surface area contributed by atoms with E-state index in [4.69, 9.17) is 0 Å². The average molecular weight is 899 g/mol. The van der Waals surface area contributed by atoms with Crippen molar-refractivity contribution in [1.82, 2.24) is 0 Å². The van der Waals surface area contributed by atoms with Gasteiger partial charge in [0.05, 0.1) is 5.69 Å². The number of anilines is 5. The second-order valence-electron chi connectivity index (χ2n) is 24.1. The molecule has 8 aromatic carbocycles. The zero-order valence-electron chi connectivity index (χ0n) is 43.4. The second-order valence-corrected chi connectivity index (χ2v) is 24.1. The SMILES string of the molecule is Cc1cc(C)c(-c2cc3c4c(c2)N(c2ccc(C(C)(C)C)cc2-c2ccccc2)c2ccc5c(c2B4N(c2ccc(C(C)(C)C)cc2)c2ccc(C(C)(C)C)cc2-3)-c2ccccc2C5(C)C)c(C)c1. The Morgan fingerprint density at radius 3 is 1.61 bits per heavy atom. The van der Waals surface area contributed by atoms with Crippen molar-refractivity contribution < 1.29 is 0 Å². The third-order valence-corrected chi connectivity index (χ3v) is 15.8. The Kier molecular flexibility index (Phi) is 10.1. The Morgan fingerprint density at radius 2 is 0.971 bits per heavy atom. The van der Waals surface area contributed by atoms with Crippen LogP contribution >= 0.6 is 0 Å². The maximum absolute atomic E-state index is 2.72. The van der Waals surface area contributed by atoms with Gasteiger partial charge in [0.2, 0.25) is 0 Å².